The zero-order valence-corrected chi connectivity index (χ0v) is 22.9. The number of carbonyl (C=O) groups excluding carboxylic acids is 2. The molecule has 0 saturated carbocycles. The van der Waals surface area contributed by atoms with Gasteiger partial charge in [-0.2, -0.15) is 0 Å². The first-order valence-electron chi connectivity index (χ1n) is 12.7. The van der Waals surface area contributed by atoms with Crippen LogP contribution in [0.15, 0.2) is 24.3 Å². The summed E-state index contributed by atoms with van der Waals surface area (Å²) in [5.41, 5.74) is 4.12. The minimum absolute atomic E-state index is 0.147. The molecule has 3 rings (SSSR count). The summed E-state index contributed by atoms with van der Waals surface area (Å²) in [5.74, 6) is -1.26. The van der Waals surface area contributed by atoms with Crippen LogP contribution in [0.5, 0.6) is 0 Å². The fourth-order valence-corrected chi connectivity index (χ4v) is 4.51. The second kappa shape index (κ2) is 10.3. The van der Waals surface area contributed by atoms with Crippen LogP contribution in [0.3, 0.4) is 0 Å². The molecule has 0 aromatic heterocycles. The summed E-state index contributed by atoms with van der Waals surface area (Å²) in [4.78, 5) is 38.9. The van der Waals surface area contributed by atoms with Crippen molar-refractivity contribution < 1.29 is 33.5 Å². The number of nitrogens with two attached hydrogens (primary N) is 1. The van der Waals surface area contributed by atoms with E-state index in [0.29, 0.717) is 6.42 Å². The first-order valence-corrected chi connectivity index (χ1v) is 12.7. The fraction of sp³-hybridized carbons (Fsp3) is 0.654. The number of ether oxygens (including phenoxy) is 1. The third-order valence-corrected chi connectivity index (χ3v) is 7.78. The molecular formula is C26H40BN3O7. The number of hydrogen-bond acceptors (Lipinski definition) is 6. The highest BCUT2D eigenvalue weighted by Crippen LogP contribution is 2.38. The number of nitrogens with one attached hydrogen (secondary N) is 1. The van der Waals surface area contributed by atoms with Gasteiger partial charge < -0.3 is 35.1 Å². The van der Waals surface area contributed by atoms with Crippen LogP contribution in [0, 0.1) is 5.41 Å². The Bertz CT molecular complexity index is 1010. The number of hydrogen-bond donors (Lipinski definition) is 3. The van der Waals surface area contributed by atoms with Crippen molar-refractivity contribution in [3.8, 4) is 0 Å². The van der Waals surface area contributed by atoms with E-state index >= 15 is 0 Å². The molecule has 1 aromatic carbocycles. The van der Waals surface area contributed by atoms with Crippen LogP contribution in [0.1, 0.15) is 60.5 Å². The highest BCUT2D eigenvalue weighted by Gasteiger charge is 2.53. The van der Waals surface area contributed by atoms with Gasteiger partial charge in [-0.3, -0.25) is 9.59 Å². The average Bonchev–Trinajstić information content (AvgIpc) is 2.94. The summed E-state index contributed by atoms with van der Waals surface area (Å²) in [7, 11) is -0.512. The largest absolute Gasteiger partial charge is 0.494 e. The first-order chi connectivity index (χ1) is 17.0. The molecule has 2 heterocycles. The second-order valence-corrected chi connectivity index (χ2v) is 11.9. The fourth-order valence-electron chi connectivity index (χ4n) is 4.51. The van der Waals surface area contributed by atoms with Crippen LogP contribution in [0.2, 0.25) is 0 Å². The number of carbonyl (C=O) groups is 3. The van der Waals surface area contributed by atoms with Gasteiger partial charge in [0.15, 0.2) is 5.60 Å². The van der Waals surface area contributed by atoms with Crippen molar-refractivity contribution in [2.45, 2.75) is 84.2 Å². The molecule has 1 aromatic rings. The van der Waals surface area contributed by atoms with Crippen molar-refractivity contribution in [2.75, 3.05) is 19.7 Å². The summed E-state index contributed by atoms with van der Waals surface area (Å²) in [6.07, 6.45) is -0.500. The molecule has 2 aliphatic heterocycles. The van der Waals surface area contributed by atoms with Gasteiger partial charge in [0.1, 0.15) is 6.04 Å². The number of benzene rings is 1. The third kappa shape index (κ3) is 5.94. The molecule has 4 N–H and O–H groups in total. The zero-order valence-electron chi connectivity index (χ0n) is 22.9. The highest BCUT2D eigenvalue weighted by molar-refractivity contribution is 6.62. The molecule has 2 atom stereocenters. The molecule has 2 fully saturated rings. The normalized spacial score (nSPS) is 24.3. The predicted octanol–water partition coefficient (Wildman–Crippen LogP) is 1.68. The van der Waals surface area contributed by atoms with Gasteiger partial charge in [0.25, 0.3) is 5.91 Å². The Morgan fingerprint density at radius 3 is 2.16 bits per heavy atom. The molecule has 11 heteroatoms. The van der Waals surface area contributed by atoms with Gasteiger partial charge in [-0.15, -0.1) is 0 Å². The third-order valence-electron chi connectivity index (χ3n) is 7.78. The Morgan fingerprint density at radius 2 is 1.68 bits per heavy atom. The van der Waals surface area contributed by atoms with Crippen LogP contribution in [0.4, 0.5) is 4.79 Å². The van der Waals surface area contributed by atoms with Crippen molar-refractivity contribution in [3.63, 3.8) is 0 Å². The lowest BCUT2D eigenvalue weighted by Crippen LogP contribution is -2.64. The summed E-state index contributed by atoms with van der Waals surface area (Å²) in [5, 5.41) is 12.4. The minimum Gasteiger partial charge on any atom is -0.465 e. The zero-order chi connectivity index (χ0) is 27.8. The van der Waals surface area contributed by atoms with Crippen LogP contribution >= 0.6 is 0 Å². The van der Waals surface area contributed by atoms with E-state index in [1.165, 1.54) is 4.90 Å². The lowest BCUT2D eigenvalue weighted by Gasteiger charge is -2.44. The standard InChI is InChI=1S/C26H40BN3O7/c1-23(2,3)26(16-30(22(33)34)13-8-14-35-26)21(32)29-19(20(28)31)15-17-9-11-18(12-10-17)27-36-24(4,5)25(6,7)37-27/h9-12,19H,8,13-16H2,1-7H3,(H2,28,31)(H,29,32)(H,33,34)/t19-,26-/m0/s1. The SMILES string of the molecule is CC1(C)OB(c2ccc(C[C@H](NC(=O)[C@]3(C(C)(C)C)CN(C(=O)O)CCCO3)C(N)=O)cc2)OC1(C)C. The monoisotopic (exact) mass is 517 g/mol. The van der Waals surface area contributed by atoms with Gasteiger partial charge in [-0.1, -0.05) is 45.0 Å². The predicted molar refractivity (Wildman–Crippen MR) is 139 cm³/mol. The van der Waals surface area contributed by atoms with Crippen LogP contribution in [-0.2, 0) is 30.1 Å². The summed E-state index contributed by atoms with van der Waals surface area (Å²) >= 11 is 0. The number of rotatable bonds is 6. The van der Waals surface area contributed by atoms with Gasteiger partial charge >= 0.3 is 13.2 Å². The van der Waals surface area contributed by atoms with E-state index in [4.69, 9.17) is 19.8 Å². The van der Waals surface area contributed by atoms with Crippen LogP contribution in [-0.4, -0.2) is 77.6 Å². The van der Waals surface area contributed by atoms with Crippen molar-refractivity contribution in [3.05, 3.63) is 29.8 Å². The van der Waals surface area contributed by atoms with Crippen molar-refractivity contribution in [1.29, 1.82) is 0 Å². The smallest absolute Gasteiger partial charge is 0.465 e. The van der Waals surface area contributed by atoms with Gasteiger partial charge in [0, 0.05) is 25.0 Å². The Balaban J connectivity index is 1.78. The Morgan fingerprint density at radius 1 is 1.11 bits per heavy atom. The molecule has 2 saturated heterocycles. The molecule has 204 valence electrons. The summed E-state index contributed by atoms with van der Waals surface area (Å²) in [6.45, 7) is 13.7. The van der Waals surface area contributed by atoms with Gasteiger partial charge in [-0.05, 0) is 45.1 Å². The van der Waals surface area contributed by atoms with E-state index in [1.807, 2.05) is 72.7 Å². The van der Waals surface area contributed by atoms with E-state index in [2.05, 4.69) is 5.32 Å². The molecular weight excluding hydrogens is 477 g/mol. The van der Waals surface area contributed by atoms with E-state index in [0.717, 1.165) is 11.0 Å². The number of nitrogens with zero attached hydrogens (tertiary/aromatic N) is 1. The number of amides is 3. The Kier molecular flexibility index (Phi) is 8.03. The summed E-state index contributed by atoms with van der Waals surface area (Å²) in [6, 6.07) is 6.41. The number of primary amides is 1. The molecule has 0 radical (unpaired) electrons. The maximum absolute atomic E-state index is 13.6. The molecule has 10 nitrogen and oxygen atoms in total. The lowest BCUT2D eigenvalue weighted by molar-refractivity contribution is -0.166. The molecule has 0 bridgehead atoms. The van der Waals surface area contributed by atoms with E-state index in [9.17, 15) is 19.5 Å². The van der Waals surface area contributed by atoms with Gasteiger partial charge in [-0.25, -0.2) is 4.79 Å². The maximum Gasteiger partial charge on any atom is 0.494 e. The summed E-state index contributed by atoms with van der Waals surface area (Å²) < 4.78 is 18.2. The lowest BCUT2D eigenvalue weighted by atomic mass is 9.74. The van der Waals surface area contributed by atoms with Crippen molar-refractivity contribution >= 4 is 30.5 Å². The molecule has 0 spiro atoms. The molecule has 37 heavy (non-hydrogen) atoms. The van der Waals surface area contributed by atoms with Gasteiger partial charge in [0.2, 0.25) is 5.91 Å². The molecule has 0 aliphatic carbocycles. The van der Waals surface area contributed by atoms with Crippen LogP contribution in [0.25, 0.3) is 0 Å². The van der Waals surface area contributed by atoms with Crippen LogP contribution < -0.4 is 16.5 Å². The molecule has 0 unspecified atom stereocenters. The van der Waals surface area contributed by atoms with Gasteiger partial charge in [0.05, 0.1) is 17.7 Å². The van der Waals surface area contributed by atoms with E-state index in [-0.39, 0.29) is 26.1 Å². The van der Waals surface area contributed by atoms with Crippen molar-refractivity contribution in [1.82, 2.24) is 10.2 Å². The van der Waals surface area contributed by atoms with E-state index in [1.54, 1.807) is 0 Å². The molecule has 3 amide bonds. The Hall–Kier alpha value is -2.63. The quantitative estimate of drug-likeness (QED) is 0.488. The number of carboxylic acid groups (broad SMARTS) is 1. The maximum atomic E-state index is 13.6. The average molecular weight is 517 g/mol. The minimum atomic E-state index is -1.49. The van der Waals surface area contributed by atoms with Crippen molar-refractivity contribution in [2.24, 2.45) is 11.1 Å². The Labute approximate surface area is 219 Å². The molecule has 2 aliphatic rings. The van der Waals surface area contributed by atoms with E-state index < -0.39 is 53.3 Å². The first kappa shape index (κ1) is 28.9. The second-order valence-electron chi connectivity index (χ2n) is 11.9. The topological polar surface area (TPSA) is 140 Å². The highest BCUT2D eigenvalue weighted by atomic mass is 16.7.